The van der Waals surface area contributed by atoms with Crippen LogP contribution in [-0.2, 0) is 25.8 Å². The summed E-state index contributed by atoms with van der Waals surface area (Å²) in [7, 11) is 0. The largest absolute Gasteiger partial charge is 0 e. The van der Waals surface area contributed by atoms with Crippen LogP contribution in [0.5, 0.6) is 0 Å². The van der Waals surface area contributed by atoms with Crippen LogP contribution < -0.4 is 4.40 Å². The second kappa shape index (κ2) is 15.8. The Morgan fingerprint density at radius 1 is 0.581 bits per heavy atom. The molecule has 0 aliphatic rings. The van der Waals surface area contributed by atoms with E-state index in [1.165, 1.54) is 0 Å². The zero-order valence-electron chi connectivity index (χ0n) is 17.8. The van der Waals surface area contributed by atoms with Gasteiger partial charge in [0.1, 0.15) is 0 Å². The summed E-state index contributed by atoms with van der Waals surface area (Å²) in [5.74, 6) is 0. The first-order valence-electron chi connectivity index (χ1n) is 8.52. The van der Waals surface area contributed by atoms with Crippen molar-refractivity contribution in [3.05, 3.63) is 24.3 Å². The van der Waals surface area contributed by atoms with Crippen LogP contribution in [0, 0.1) is 0 Å². The van der Waals surface area contributed by atoms with E-state index in [0.29, 0.717) is 0 Å². The summed E-state index contributed by atoms with van der Waals surface area (Å²) in [5.41, 5.74) is 0. The Bertz CT molecular complexity index is 482. The number of rotatable bonds is 1. The predicted octanol–water partition coefficient (Wildman–Crippen LogP) is 4.52. The normalized spacial score (nSPS) is 12.2. The Balaban J connectivity index is -0.000000232. The molecule has 1 rings (SSSR count). The van der Waals surface area contributed by atoms with E-state index >= 15 is 0 Å². The van der Waals surface area contributed by atoms with Gasteiger partial charge < -0.3 is 15.3 Å². The molecule has 1 aromatic carbocycles. The second-order valence-electron chi connectivity index (χ2n) is 6.70. The third-order valence-electron chi connectivity index (χ3n) is 2.37. The van der Waals surface area contributed by atoms with Crippen LogP contribution in [0.15, 0.2) is 24.3 Å². The molecule has 31 heavy (non-hydrogen) atoms. The van der Waals surface area contributed by atoms with Crippen LogP contribution in [0.1, 0.15) is 41.5 Å². The van der Waals surface area contributed by atoms with Crippen molar-refractivity contribution in [2.45, 2.75) is 74.9 Å². The number of alkyl halides is 9. The molecule has 0 spiro atoms. The molecule has 1 aromatic rings. The van der Waals surface area contributed by atoms with Gasteiger partial charge >= 0.3 is 96.5 Å². The maximum absolute atomic E-state index is 12.6. The molecule has 0 unspecified atom stereocenters. The summed E-state index contributed by atoms with van der Waals surface area (Å²) in [6.07, 6.45) is -0.500. The zero-order chi connectivity index (χ0) is 25.1. The predicted molar refractivity (Wildman–Crippen MR) is 97.7 cm³/mol. The summed E-state index contributed by atoms with van der Waals surface area (Å²) in [4.78, 5) is 0. The van der Waals surface area contributed by atoms with Crippen molar-refractivity contribution >= 4 is 17.7 Å². The standard InChI is InChI=1S/C8H4F9Ge.3C3H8O.Hf/c9-6(10,11)18(7(12,13)14,8(15,16)17)5-3-1-2-4-5;3*1-3(2)4;/h1-4H;3*3-4H,1-2H3;/q-1;;;;. The molecule has 186 valence electrons. The maximum Gasteiger partial charge on any atom is 0 e. The van der Waals surface area contributed by atoms with Crippen LogP contribution >= 0.6 is 0 Å². The van der Waals surface area contributed by atoms with E-state index in [2.05, 4.69) is 0 Å². The van der Waals surface area contributed by atoms with Crippen LogP contribution in [-0.4, -0.2) is 61.9 Å². The van der Waals surface area contributed by atoms with Gasteiger partial charge in [-0.15, -0.1) is 0 Å². The third kappa shape index (κ3) is 14.7. The summed E-state index contributed by atoms with van der Waals surface area (Å²) in [6.45, 7) is 10.3. The van der Waals surface area contributed by atoms with Crippen LogP contribution in [0.2, 0.25) is 0 Å². The van der Waals surface area contributed by atoms with Gasteiger partial charge in [-0.25, -0.2) is 0 Å². The first-order valence-corrected chi connectivity index (χ1v) is 12.7. The summed E-state index contributed by atoms with van der Waals surface area (Å²) < 4.78 is 111. The van der Waals surface area contributed by atoms with Crippen LogP contribution in [0.25, 0.3) is 0 Å². The van der Waals surface area contributed by atoms with Crippen molar-refractivity contribution < 1.29 is 80.7 Å². The zero-order valence-corrected chi connectivity index (χ0v) is 23.5. The Hall–Kier alpha value is 0.0130. The quantitative estimate of drug-likeness (QED) is 0.229. The SMILES string of the molecule is CC(C)O.CC(C)O.CC(C)O.F[C](F)(F)[Ge]([c-]1cccc1)([C](F)(F)F)[C](F)(F)F.[Hf]. The molecular weight excluding hydrogens is 674 g/mol. The molecular formula is C17H28F9GeHfO3-. The maximum atomic E-state index is 12.6. The van der Waals surface area contributed by atoms with Gasteiger partial charge in [0.25, 0.3) is 0 Å². The van der Waals surface area contributed by atoms with Gasteiger partial charge in [-0.05, 0) is 41.5 Å². The molecule has 0 saturated heterocycles. The van der Waals surface area contributed by atoms with E-state index < -0.39 is 32.7 Å². The van der Waals surface area contributed by atoms with Crippen molar-refractivity contribution in [1.29, 1.82) is 0 Å². The summed E-state index contributed by atoms with van der Waals surface area (Å²) >= 11 is -8.38. The van der Waals surface area contributed by atoms with Gasteiger partial charge in [0, 0.05) is 44.2 Å². The molecule has 0 bridgehead atoms. The Labute approximate surface area is 197 Å². The molecule has 0 aliphatic heterocycles. The number of hydrogen-bond donors (Lipinski definition) is 3. The molecule has 0 aromatic heterocycles. The third-order valence-corrected chi connectivity index (χ3v) is 10.2. The number of aliphatic hydroxyl groups excluding tert-OH is 3. The molecule has 0 atom stereocenters. The van der Waals surface area contributed by atoms with Gasteiger partial charge in [0.05, 0.1) is 0 Å². The first kappa shape index (κ1) is 38.3. The minimum absolute atomic E-state index is 0. The smallest absolute Gasteiger partial charge is 0 e. The van der Waals surface area contributed by atoms with E-state index in [9.17, 15) is 39.5 Å². The van der Waals surface area contributed by atoms with Crippen molar-refractivity contribution in [3.63, 3.8) is 0 Å². The van der Waals surface area contributed by atoms with Gasteiger partial charge in [0.2, 0.25) is 0 Å². The van der Waals surface area contributed by atoms with Gasteiger partial charge in [-0.2, -0.15) is 0 Å². The average Bonchev–Trinajstić information content (AvgIpc) is 2.84. The molecule has 0 aliphatic carbocycles. The average molecular weight is 702 g/mol. The number of hydrogen-bond acceptors (Lipinski definition) is 3. The summed E-state index contributed by atoms with van der Waals surface area (Å²) in [5, 5.41) is 5.10. The Morgan fingerprint density at radius 2 is 0.742 bits per heavy atom. The molecule has 0 radical (unpaired) electrons. The minimum atomic E-state index is -8.38. The molecule has 0 heterocycles. The fraction of sp³-hybridized carbons (Fsp3) is 0.706. The Kier molecular flexibility index (Phi) is 19.5. The van der Waals surface area contributed by atoms with E-state index in [0.717, 1.165) is 12.1 Å². The van der Waals surface area contributed by atoms with Gasteiger partial charge in [-0.1, -0.05) is 0 Å². The van der Waals surface area contributed by atoms with E-state index in [-0.39, 0.29) is 56.3 Å². The van der Waals surface area contributed by atoms with Crippen molar-refractivity contribution in [1.82, 2.24) is 0 Å². The summed E-state index contributed by atoms with van der Waals surface area (Å²) in [6, 6.07) is 1.90. The molecule has 0 saturated carbocycles. The van der Waals surface area contributed by atoms with E-state index in [1.807, 2.05) is 0 Å². The van der Waals surface area contributed by atoms with Crippen molar-refractivity contribution in [2.24, 2.45) is 0 Å². The minimum Gasteiger partial charge on any atom is 0 e. The molecule has 0 fully saturated rings. The van der Waals surface area contributed by atoms with Crippen LogP contribution in [0.3, 0.4) is 0 Å². The monoisotopic (exact) mass is 705 g/mol. The first-order chi connectivity index (χ1) is 13.1. The fourth-order valence-corrected chi connectivity index (χ4v) is 7.13. The van der Waals surface area contributed by atoms with Crippen molar-refractivity contribution in [3.8, 4) is 0 Å². The molecule has 14 heteroatoms. The molecule has 0 amide bonds. The molecule has 3 nitrogen and oxygen atoms in total. The van der Waals surface area contributed by atoms with E-state index in [4.69, 9.17) is 15.3 Å². The molecule has 3 N–H and O–H groups in total. The number of halogens is 9. The topological polar surface area (TPSA) is 60.7 Å². The van der Waals surface area contributed by atoms with Crippen LogP contribution in [0.4, 0.5) is 39.5 Å². The van der Waals surface area contributed by atoms with Gasteiger partial charge in [0.15, 0.2) is 0 Å². The Morgan fingerprint density at radius 3 is 0.871 bits per heavy atom. The van der Waals surface area contributed by atoms with E-state index in [1.54, 1.807) is 41.5 Å². The van der Waals surface area contributed by atoms with Gasteiger partial charge in [-0.3, -0.25) is 0 Å². The number of aliphatic hydroxyl groups is 3. The second-order valence-corrected chi connectivity index (χ2v) is 14.6. The fourth-order valence-electron chi connectivity index (χ4n) is 1.60. The van der Waals surface area contributed by atoms with Crippen molar-refractivity contribution in [2.75, 3.05) is 0 Å².